The van der Waals surface area contributed by atoms with Gasteiger partial charge in [0.1, 0.15) is 11.8 Å². The van der Waals surface area contributed by atoms with Crippen LogP contribution in [0, 0.1) is 5.41 Å². The van der Waals surface area contributed by atoms with E-state index in [2.05, 4.69) is 5.32 Å². The van der Waals surface area contributed by atoms with E-state index in [-0.39, 0.29) is 32.4 Å². The molecule has 1 amide bonds. The Morgan fingerprint density at radius 3 is 2.31 bits per heavy atom. The van der Waals surface area contributed by atoms with Crippen molar-refractivity contribution in [3.63, 3.8) is 0 Å². The third-order valence-electron chi connectivity index (χ3n) is 5.32. The predicted octanol–water partition coefficient (Wildman–Crippen LogP) is 2.73. The molecule has 1 atom stereocenters. The molecule has 2 aromatic carbocycles. The first-order valence-corrected chi connectivity index (χ1v) is 11.0. The number of hydrogen-bond acceptors (Lipinski definition) is 6. The fourth-order valence-electron chi connectivity index (χ4n) is 3.37. The molecule has 0 aliphatic carbocycles. The second-order valence-corrected chi connectivity index (χ2v) is 8.12. The molecule has 0 bridgehead atoms. The van der Waals surface area contributed by atoms with Crippen molar-refractivity contribution in [3.05, 3.63) is 65.2 Å². The number of benzene rings is 2. The third kappa shape index (κ3) is 8.69. The number of amides is 1. The molecule has 0 aromatic heterocycles. The fourth-order valence-corrected chi connectivity index (χ4v) is 3.37. The number of carboxylic acid groups (broad SMARTS) is 1. The zero-order chi connectivity index (χ0) is 26.9. The maximum Gasteiger partial charge on any atom is 0.416 e. The van der Waals surface area contributed by atoms with E-state index in [1.54, 1.807) is 24.3 Å². The first-order chi connectivity index (χ1) is 16.9. The Labute approximate surface area is 205 Å². The van der Waals surface area contributed by atoms with Gasteiger partial charge in [-0.25, -0.2) is 0 Å². The molecular formula is C24H28F3N5O4. The standard InChI is InChI=1S/C24H28F3N5O4/c25-24(26,27)17-9-7-15(8-10-17)14-31-20-6-2-1-4-16(20)12-18(33)13-21(34)32(23(29)30)11-3-5-19(28)22(35)36/h1-2,4,6-10,19,31H,3,5,11-14,28H2,(H3,29,30)(H,35,36). The van der Waals surface area contributed by atoms with Gasteiger partial charge in [0.25, 0.3) is 0 Å². The molecule has 0 saturated heterocycles. The number of Topliss-reactive ketones (excluding diaryl/α,β-unsaturated/α-hetero) is 1. The van der Waals surface area contributed by atoms with Gasteiger partial charge in [0.15, 0.2) is 5.96 Å². The largest absolute Gasteiger partial charge is 0.480 e. The molecule has 9 nitrogen and oxygen atoms in total. The van der Waals surface area contributed by atoms with Crippen LogP contribution in [0.1, 0.15) is 36.0 Å². The van der Waals surface area contributed by atoms with Crippen molar-refractivity contribution in [3.8, 4) is 0 Å². The molecule has 194 valence electrons. The van der Waals surface area contributed by atoms with Crippen molar-refractivity contribution in [1.29, 1.82) is 5.41 Å². The number of nitrogens with zero attached hydrogens (tertiary/aromatic N) is 1. The van der Waals surface area contributed by atoms with Crippen LogP contribution in [0.5, 0.6) is 0 Å². The lowest BCUT2D eigenvalue weighted by Crippen LogP contribution is -2.43. The number of hydrogen-bond donors (Lipinski definition) is 5. The average Bonchev–Trinajstić information content (AvgIpc) is 2.80. The van der Waals surface area contributed by atoms with E-state index in [9.17, 15) is 27.6 Å². The van der Waals surface area contributed by atoms with Crippen LogP contribution in [0.15, 0.2) is 48.5 Å². The van der Waals surface area contributed by atoms with Crippen LogP contribution < -0.4 is 16.8 Å². The second kappa shape index (κ2) is 12.7. The predicted molar refractivity (Wildman–Crippen MR) is 127 cm³/mol. The van der Waals surface area contributed by atoms with Gasteiger partial charge in [-0.1, -0.05) is 30.3 Å². The number of ketones is 1. The van der Waals surface area contributed by atoms with E-state index in [0.717, 1.165) is 17.0 Å². The number of carbonyl (C=O) groups excluding carboxylic acids is 2. The molecule has 0 aliphatic heterocycles. The lowest BCUT2D eigenvalue weighted by molar-refractivity contribution is -0.139. The first kappa shape index (κ1) is 28.3. The van der Waals surface area contributed by atoms with E-state index in [4.69, 9.17) is 22.0 Å². The van der Waals surface area contributed by atoms with Gasteiger partial charge in [0.2, 0.25) is 5.91 Å². The van der Waals surface area contributed by atoms with Gasteiger partial charge in [0.05, 0.1) is 12.0 Å². The van der Waals surface area contributed by atoms with Crippen LogP contribution in [0.25, 0.3) is 0 Å². The highest BCUT2D eigenvalue weighted by molar-refractivity contribution is 6.05. The van der Waals surface area contributed by atoms with E-state index in [1.807, 2.05) is 0 Å². The molecule has 1 unspecified atom stereocenters. The smallest absolute Gasteiger partial charge is 0.416 e. The Morgan fingerprint density at radius 2 is 1.72 bits per heavy atom. The summed E-state index contributed by atoms with van der Waals surface area (Å²) in [5.74, 6) is -2.87. The summed E-state index contributed by atoms with van der Waals surface area (Å²) in [6.45, 7) is 0.173. The van der Waals surface area contributed by atoms with Crippen LogP contribution in [-0.4, -0.2) is 46.2 Å². The summed E-state index contributed by atoms with van der Waals surface area (Å²) < 4.78 is 38.2. The summed E-state index contributed by atoms with van der Waals surface area (Å²) in [4.78, 5) is 36.8. The summed E-state index contributed by atoms with van der Waals surface area (Å²) in [6, 6.07) is 10.4. The number of rotatable bonds is 12. The monoisotopic (exact) mass is 507 g/mol. The molecule has 0 fully saturated rings. The van der Waals surface area contributed by atoms with Gasteiger partial charge in [-0.2, -0.15) is 13.2 Å². The van der Waals surface area contributed by atoms with E-state index >= 15 is 0 Å². The molecule has 36 heavy (non-hydrogen) atoms. The highest BCUT2D eigenvalue weighted by Crippen LogP contribution is 2.29. The lowest BCUT2D eigenvalue weighted by atomic mass is 10.0. The number of nitrogens with one attached hydrogen (secondary N) is 2. The highest BCUT2D eigenvalue weighted by atomic mass is 19.4. The summed E-state index contributed by atoms with van der Waals surface area (Å²) in [7, 11) is 0. The van der Waals surface area contributed by atoms with Crippen LogP contribution in [0.2, 0.25) is 0 Å². The zero-order valence-electron chi connectivity index (χ0n) is 19.3. The topological polar surface area (TPSA) is 163 Å². The average molecular weight is 508 g/mol. The second-order valence-electron chi connectivity index (χ2n) is 8.12. The minimum atomic E-state index is -4.42. The van der Waals surface area contributed by atoms with Gasteiger partial charge in [-0.05, 0) is 42.2 Å². The number of anilines is 1. The number of carboxylic acids is 1. The Kier molecular flexibility index (Phi) is 9.97. The summed E-state index contributed by atoms with van der Waals surface area (Å²) >= 11 is 0. The molecule has 0 radical (unpaired) electrons. The van der Waals surface area contributed by atoms with Crippen LogP contribution in [-0.2, 0) is 33.5 Å². The number of alkyl halides is 3. The summed E-state index contributed by atoms with van der Waals surface area (Å²) in [6.07, 6.45) is -4.78. The maximum absolute atomic E-state index is 12.7. The zero-order valence-corrected chi connectivity index (χ0v) is 19.3. The molecule has 0 aliphatic rings. The van der Waals surface area contributed by atoms with Crippen molar-refractivity contribution in [1.82, 2.24) is 4.90 Å². The van der Waals surface area contributed by atoms with Crippen molar-refractivity contribution in [2.45, 2.75) is 44.4 Å². The Hall–Kier alpha value is -3.93. The van der Waals surface area contributed by atoms with Crippen LogP contribution in [0.4, 0.5) is 18.9 Å². The van der Waals surface area contributed by atoms with Crippen molar-refractivity contribution >= 4 is 29.3 Å². The molecular weight excluding hydrogens is 479 g/mol. The number of carbonyl (C=O) groups is 3. The fraction of sp³-hybridized carbons (Fsp3) is 0.333. The summed E-state index contributed by atoms with van der Waals surface area (Å²) in [5.41, 5.74) is 11.9. The Bertz CT molecular complexity index is 1090. The highest BCUT2D eigenvalue weighted by Gasteiger charge is 2.30. The van der Waals surface area contributed by atoms with Gasteiger partial charge >= 0.3 is 12.1 Å². The molecule has 2 rings (SSSR count). The molecule has 2 aromatic rings. The summed E-state index contributed by atoms with van der Waals surface area (Å²) in [5, 5.41) is 19.5. The first-order valence-electron chi connectivity index (χ1n) is 11.0. The van der Waals surface area contributed by atoms with Crippen LogP contribution in [0.3, 0.4) is 0 Å². The molecule has 7 N–H and O–H groups in total. The number of guanidine groups is 1. The molecule has 0 saturated carbocycles. The number of aliphatic carboxylic acids is 1. The van der Waals surface area contributed by atoms with Gasteiger partial charge in [-0.3, -0.25) is 24.7 Å². The van der Waals surface area contributed by atoms with Gasteiger partial charge in [-0.15, -0.1) is 0 Å². The van der Waals surface area contributed by atoms with E-state index < -0.39 is 47.8 Å². The van der Waals surface area contributed by atoms with Crippen molar-refractivity contribution < 1.29 is 32.7 Å². The quantitative estimate of drug-likeness (QED) is 0.168. The van der Waals surface area contributed by atoms with Crippen molar-refractivity contribution in [2.24, 2.45) is 11.5 Å². The Morgan fingerprint density at radius 1 is 1.08 bits per heavy atom. The number of para-hydroxylation sites is 1. The van der Waals surface area contributed by atoms with Crippen molar-refractivity contribution in [2.75, 3.05) is 11.9 Å². The SMILES string of the molecule is N=C(N)N(CCCC(N)C(=O)O)C(=O)CC(=O)Cc1ccccc1NCc1ccc(C(F)(F)F)cc1. The lowest BCUT2D eigenvalue weighted by Gasteiger charge is -2.21. The van der Waals surface area contributed by atoms with Gasteiger partial charge < -0.3 is 21.9 Å². The van der Waals surface area contributed by atoms with Gasteiger partial charge in [0, 0.05) is 25.2 Å². The molecule has 0 spiro atoms. The van der Waals surface area contributed by atoms with E-state index in [1.165, 1.54) is 12.1 Å². The normalized spacial score (nSPS) is 12.0. The number of nitrogens with two attached hydrogens (primary N) is 2. The minimum absolute atomic E-state index is 0.0479. The molecule has 12 heteroatoms. The van der Waals surface area contributed by atoms with Crippen LogP contribution >= 0.6 is 0 Å². The maximum atomic E-state index is 12.7. The third-order valence-corrected chi connectivity index (χ3v) is 5.32. The Balaban J connectivity index is 1.96. The minimum Gasteiger partial charge on any atom is -0.480 e. The number of halogens is 3. The van der Waals surface area contributed by atoms with E-state index in [0.29, 0.717) is 16.8 Å². The molecule has 0 heterocycles.